The van der Waals surface area contributed by atoms with Gasteiger partial charge in [-0.2, -0.15) is 0 Å². The molecule has 1 saturated heterocycles. The first-order valence-electron chi connectivity index (χ1n) is 7.52. The number of anilines is 1. The Morgan fingerprint density at radius 1 is 1.13 bits per heavy atom. The SMILES string of the molecule is O=C(Nc1ccc(I)cc1)C1CCN(C(=O)c2ccco2)CC1. The lowest BCUT2D eigenvalue weighted by Gasteiger charge is -2.30. The molecule has 0 saturated carbocycles. The summed E-state index contributed by atoms with van der Waals surface area (Å²) < 4.78 is 6.27. The number of nitrogens with zero attached hydrogens (tertiary/aromatic N) is 1. The van der Waals surface area contributed by atoms with Crippen molar-refractivity contribution < 1.29 is 14.0 Å². The van der Waals surface area contributed by atoms with Gasteiger partial charge in [0.25, 0.3) is 5.91 Å². The van der Waals surface area contributed by atoms with Crippen molar-refractivity contribution in [3.8, 4) is 0 Å². The molecule has 0 atom stereocenters. The lowest BCUT2D eigenvalue weighted by molar-refractivity contribution is -0.121. The molecular formula is C17H17IN2O3. The minimum Gasteiger partial charge on any atom is -0.459 e. The van der Waals surface area contributed by atoms with Crippen LogP contribution < -0.4 is 5.32 Å². The van der Waals surface area contributed by atoms with Crippen LogP contribution in [0.3, 0.4) is 0 Å². The van der Waals surface area contributed by atoms with Gasteiger partial charge in [-0.05, 0) is 71.8 Å². The average Bonchev–Trinajstić information content (AvgIpc) is 3.11. The van der Waals surface area contributed by atoms with Crippen LogP contribution >= 0.6 is 22.6 Å². The first-order valence-corrected chi connectivity index (χ1v) is 8.60. The Hall–Kier alpha value is -1.83. The maximum Gasteiger partial charge on any atom is 0.289 e. The zero-order valence-electron chi connectivity index (χ0n) is 12.5. The highest BCUT2D eigenvalue weighted by Gasteiger charge is 2.28. The Morgan fingerprint density at radius 2 is 1.83 bits per heavy atom. The summed E-state index contributed by atoms with van der Waals surface area (Å²) in [5.74, 6) is 0.213. The number of likely N-dealkylation sites (tertiary alicyclic amines) is 1. The number of nitrogens with one attached hydrogen (secondary N) is 1. The summed E-state index contributed by atoms with van der Waals surface area (Å²) in [6.45, 7) is 1.15. The molecule has 0 unspecified atom stereocenters. The fourth-order valence-electron chi connectivity index (χ4n) is 2.68. The van der Waals surface area contributed by atoms with E-state index in [-0.39, 0.29) is 17.7 Å². The maximum atomic E-state index is 12.3. The molecule has 2 aromatic rings. The number of halogens is 1. The number of carbonyl (C=O) groups is 2. The standard InChI is InChI=1S/C17H17IN2O3/c18-13-3-5-14(6-4-13)19-16(21)12-7-9-20(10-8-12)17(22)15-2-1-11-23-15/h1-6,11-12H,7-10H2,(H,19,21). The number of furan rings is 1. The summed E-state index contributed by atoms with van der Waals surface area (Å²) in [5.41, 5.74) is 0.810. The Balaban J connectivity index is 1.53. The summed E-state index contributed by atoms with van der Waals surface area (Å²) in [4.78, 5) is 26.3. The number of amides is 2. The van der Waals surface area contributed by atoms with E-state index in [0.29, 0.717) is 31.7 Å². The predicted octanol–water partition coefficient (Wildman–Crippen LogP) is 3.38. The third kappa shape index (κ3) is 3.93. The predicted molar refractivity (Wildman–Crippen MR) is 95.1 cm³/mol. The normalized spacial score (nSPS) is 15.4. The van der Waals surface area contributed by atoms with Crippen molar-refractivity contribution in [1.82, 2.24) is 4.90 Å². The Kier molecular flexibility index (Phi) is 5.00. The van der Waals surface area contributed by atoms with Gasteiger partial charge in [-0.3, -0.25) is 9.59 Å². The number of carbonyl (C=O) groups excluding carboxylic acids is 2. The Labute approximate surface area is 148 Å². The van der Waals surface area contributed by atoms with Crippen LogP contribution in [0.15, 0.2) is 47.1 Å². The summed E-state index contributed by atoms with van der Waals surface area (Å²) in [7, 11) is 0. The quantitative estimate of drug-likeness (QED) is 0.769. The van der Waals surface area contributed by atoms with Gasteiger partial charge in [0.15, 0.2) is 5.76 Å². The molecule has 3 rings (SSSR count). The van der Waals surface area contributed by atoms with Gasteiger partial charge in [-0.25, -0.2) is 0 Å². The molecule has 0 aliphatic carbocycles. The van der Waals surface area contributed by atoms with Gasteiger partial charge in [-0.1, -0.05) is 0 Å². The Bertz CT molecular complexity index is 674. The minimum absolute atomic E-state index is 0.0244. The Morgan fingerprint density at radius 3 is 2.43 bits per heavy atom. The lowest BCUT2D eigenvalue weighted by Crippen LogP contribution is -2.41. The van der Waals surface area contributed by atoms with Crippen LogP contribution in [0.4, 0.5) is 5.69 Å². The monoisotopic (exact) mass is 424 g/mol. The number of benzene rings is 1. The van der Waals surface area contributed by atoms with Gasteiger partial charge in [0.2, 0.25) is 5.91 Å². The molecule has 1 aliphatic heterocycles. The van der Waals surface area contributed by atoms with Crippen LogP contribution in [0.5, 0.6) is 0 Å². The highest BCUT2D eigenvalue weighted by Crippen LogP contribution is 2.21. The van der Waals surface area contributed by atoms with Gasteiger partial charge >= 0.3 is 0 Å². The van der Waals surface area contributed by atoms with E-state index in [4.69, 9.17) is 4.42 Å². The zero-order chi connectivity index (χ0) is 16.2. The molecule has 1 aromatic carbocycles. The summed E-state index contributed by atoms with van der Waals surface area (Å²) in [6.07, 6.45) is 2.83. The summed E-state index contributed by atoms with van der Waals surface area (Å²) in [6, 6.07) is 11.1. The van der Waals surface area contributed by atoms with Crippen LogP contribution in [-0.4, -0.2) is 29.8 Å². The molecule has 2 amide bonds. The van der Waals surface area contributed by atoms with E-state index in [1.165, 1.54) is 6.26 Å². The molecule has 120 valence electrons. The molecule has 6 heteroatoms. The zero-order valence-corrected chi connectivity index (χ0v) is 14.7. The average molecular weight is 424 g/mol. The van der Waals surface area contributed by atoms with Crippen molar-refractivity contribution in [3.05, 3.63) is 52.0 Å². The van der Waals surface area contributed by atoms with Gasteiger partial charge in [0.1, 0.15) is 0 Å². The first kappa shape index (κ1) is 16.0. The highest BCUT2D eigenvalue weighted by atomic mass is 127. The van der Waals surface area contributed by atoms with Crippen molar-refractivity contribution in [3.63, 3.8) is 0 Å². The smallest absolute Gasteiger partial charge is 0.289 e. The van der Waals surface area contributed by atoms with Gasteiger partial charge in [0.05, 0.1) is 6.26 Å². The lowest BCUT2D eigenvalue weighted by atomic mass is 9.95. The van der Waals surface area contributed by atoms with E-state index >= 15 is 0 Å². The molecule has 0 spiro atoms. The third-order valence-electron chi connectivity index (χ3n) is 4.00. The topological polar surface area (TPSA) is 62.6 Å². The van der Waals surface area contributed by atoms with Crippen LogP contribution in [0.25, 0.3) is 0 Å². The second kappa shape index (κ2) is 7.16. The highest BCUT2D eigenvalue weighted by molar-refractivity contribution is 14.1. The number of hydrogen-bond donors (Lipinski definition) is 1. The summed E-state index contributed by atoms with van der Waals surface area (Å²) >= 11 is 2.23. The molecule has 1 aromatic heterocycles. The second-order valence-electron chi connectivity index (χ2n) is 5.54. The molecule has 1 aliphatic rings. The molecule has 0 bridgehead atoms. The van der Waals surface area contributed by atoms with Crippen molar-refractivity contribution >= 4 is 40.1 Å². The number of hydrogen-bond acceptors (Lipinski definition) is 3. The molecule has 23 heavy (non-hydrogen) atoms. The third-order valence-corrected chi connectivity index (χ3v) is 4.72. The summed E-state index contributed by atoms with van der Waals surface area (Å²) in [5, 5.41) is 2.95. The van der Waals surface area contributed by atoms with E-state index in [2.05, 4.69) is 27.9 Å². The largest absolute Gasteiger partial charge is 0.459 e. The van der Waals surface area contributed by atoms with Crippen molar-refractivity contribution in [2.75, 3.05) is 18.4 Å². The second-order valence-corrected chi connectivity index (χ2v) is 6.79. The van der Waals surface area contributed by atoms with Gasteiger partial charge < -0.3 is 14.6 Å². The van der Waals surface area contributed by atoms with Crippen LogP contribution in [0.2, 0.25) is 0 Å². The number of piperidine rings is 1. The van der Waals surface area contributed by atoms with Crippen LogP contribution in [0.1, 0.15) is 23.4 Å². The minimum atomic E-state index is -0.105. The maximum absolute atomic E-state index is 12.3. The molecule has 0 radical (unpaired) electrons. The van der Waals surface area contributed by atoms with E-state index < -0.39 is 0 Å². The first-order chi connectivity index (χ1) is 11.1. The fourth-order valence-corrected chi connectivity index (χ4v) is 3.04. The van der Waals surface area contributed by atoms with Crippen LogP contribution in [-0.2, 0) is 4.79 Å². The molecular weight excluding hydrogens is 407 g/mol. The number of rotatable bonds is 3. The van der Waals surface area contributed by atoms with Crippen molar-refractivity contribution in [2.45, 2.75) is 12.8 Å². The fraction of sp³-hybridized carbons (Fsp3) is 0.294. The van der Waals surface area contributed by atoms with E-state index in [1.807, 2.05) is 24.3 Å². The van der Waals surface area contributed by atoms with E-state index in [0.717, 1.165) is 9.26 Å². The molecule has 1 N–H and O–H groups in total. The van der Waals surface area contributed by atoms with E-state index in [9.17, 15) is 9.59 Å². The molecule has 1 fully saturated rings. The van der Waals surface area contributed by atoms with Crippen LogP contribution in [0, 0.1) is 9.49 Å². The van der Waals surface area contributed by atoms with E-state index in [1.54, 1.807) is 17.0 Å². The van der Waals surface area contributed by atoms with Gasteiger partial charge in [0, 0.05) is 28.3 Å². The van der Waals surface area contributed by atoms with Gasteiger partial charge in [-0.15, -0.1) is 0 Å². The molecule has 5 nitrogen and oxygen atoms in total. The molecule has 2 heterocycles. The van der Waals surface area contributed by atoms with Crippen molar-refractivity contribution in [2.24, 2.45) is 5.92 Å². The van der Waals surface area contributed by atoms with Crippen molar-refractivity contribution in [1.29, 1.82) is 0 Å².